The molecule has 2 amide bonds. The third-order valence-corrected chi connectivity index (χ3v) is 5.65. The maximum Gasteiger partial charge on any atom is 0.353 e. The number of carbonyl (C=O) groups excluding carboxylic acids is 3. The topological polar surface area (TPSA) is 87.5 Å². The van der Waals surface area contributed by atoms with E-state index < -0.39 is 23.2 Å². The van der Waals surface area contributed by atoms with E-state index >= 15 is 0 Å². The number of rotatable bonds is 2. The van der Waals surface area contributed by atoms with Crippen molar-refractivity contribution in [1.82, 2.24) is 5.06 Å². The van der Waals surface area contributed by atoms with Crippen LogP contribution in [-0.4, -0.2) is 22.8 Å². The fourth-order valence-electron chi connectivity index (χ4n) is 4.33. The summed E-state index contributed by atoms with van der Waals surface area (Å²) in [7, 11) is 0. The van der Waals surface area contributed by atoms with Crippen LogP contribution in [0.3, 0.4) is 0 Å². The van der Waals surface area contributed by atoms with Gasteiger partial charge in [-0.1, -0.05) is 30.0 Å². The third-order valence-electron chi connectivity index (χ3n) is 5.65. The van der Waals surface area contributed by atoms with Crippen LogP contribution in [0.15, 0.2) is 24.3 Å². The van der Waals surface area contributed by atoms with Gasteiger partial charge in [-0.3, -0.25) is 9.59 Å². The molecule has 3 aliphatic carbocycles. The number of imide groups is 1. The Morgan fingerprint density at radius 2 is 1.71 bits per heavy atom. The largest absolute Gasteiger partial charge is 0.353 e. The normalized spacial score (nSPS) is 30.9. The van der Waals surface area contributed by atoms with Gasteiger partial charge in [-0.25, -0.2) is 4.79 Å². The molecule has 0 radical (unpaired) electrons. The molecule has 1 atom stereocenters. The monoisotopic (exact) mass is 324 g/mol. The molecule has 0 saturated heterocycles. The van der Waals surface area contributed by atoms with E-state index in [4.69, 9.17) is 4.84 Å². The Morgan fingerprint density at radius 3 is 2.17 bits per heavy atom. The molecule has 5 rings (SSSR count). The summed E-state index contributed by atoms with van der Waals surface area (Å²) in [6.45, 7) is 0. The van der Waals surface area contributed by atoms with Gasteiger partial charge in [0.05, 0.1) is 17.2 Å². The molecule has 1 heterocycles. The minimum Gasteiger partial charge on any atom is -0.328 e. The number of carbonyl (C=O) groups is 3. The minimum absolute atomic E-state index is 0.0600. The summed E-state index contributed by atoms with van der Waals surface area (Å²) in [5.41, 5.74) is -0.811. The van der Waals surface area contributed by atoms with E-state index in [9.17, 15) is 19.6 Å². The summed E-state index contributed by atoms with van der Waals surface area (Å²) in [4.78, 5) is 42.6. The van der Waals surface area contributed by atoms with Crippen LogP contribution >= 0.6 is 0 Å². The summed E-state index contributed by atoms with van der Waals surface area (Å²) in [6, 6.07) is 8.48. The molecule has 1 aliphatic heterocycles. The van der Waals surface area contributed by atoms with E-state index in [2.05, 4.69) is 6.07 Å². The number of nitrogens with zero attached hydrogens (tertiary/aromatic N) is 2. The van der Waals surface area contributed by atoms with Crippen LogP contribution in [0.25, 0.3) is 0 Å². The third kappa shape index (κ3) is 1.91. The van der Waals surface area contributed by atoms with Gasteiger partial charge in [0.1, 0.15) is 0 Å². The minimum atomic E-state index is -1.24. The van der Waals surface area contributed by atoms with Gasteiger partial charge in [-0.05, 0) is 43.2 Å². The van der Waals surface area contributed by atoms with Gasteiger partial charge in [-0.15, -0.1) is 0 Å². The van der Waals surface area contributed by atoms with Crippen LogP contribution in [0.2, 0.25) is 0 Å². The molecule has 122 valence electrons. The lowest BCUT2D eigenvalue weighted by atomic mass is 9.56. The summed E-state index contributed by atoms with van der Waals surface area (Å²) < 4.78 is 0. The van der Waals surface area contributed by atoms with Gasteiger partial charge < -0.3 is 4.84 Å². The number of benzene rings is 1. The number of nitriles is 1. The quantitative estimate of drug-likeness (QED) is 0.780. The first-order valence-corrected chi connectivity index (χ1v) is 8.18. The van der Waals surface area contributed by atoms with Crippen molar-refractivity contribution in [2.45, 2.75) is 32.1 Å². The van der Waals surface area contributed by atoms with Crippen molar-refractivity contribution in [3.05, 3.63) is 35.4 Å². The van der Waals surface area contributed by atoms with Crippen LogP contribution in [0.4, 0.5) is 0 Å². The predicted octanol–water partition coefficient (Wildman–Crippen LogP) is 2.46. The maximum atomic E-state index is 12.7. The summed E-state index contributed by atoms with van der Waals surface area (Å²) in [6.07, 6.45) is 4.13. The first kappa shape index (κ1) is 14.9. The lowest BCUT2D eigenvalue weighted by Gasteiger charge is -2.45. The Balaban J connectivity index is 1.60. The Labute approximate surface area is 138 Å². The highest BCUT2D eigenvalue weighted by atomic mass is 16.7. The molecule has 3 fully saturated rings. The van der Waals surface area contributed by atoms with Gasteiger partial charge in [0, 0.05) is 0 Å². The summed E-state index contributed by atoms with van der Waals surface area (Å²) in [5.74, 6) is -1.80. The van der Waals surface area contributed by atoms with Crippen molar-refractivity contribution in [2.75, 3.05) is 0 Å². The van der Waals surface area contributed by atoms with Crippen molar-refractivity contribution in [3.63, 3.8) is 0 Å². The van der Waals surface area contributed by atoms with E-state index in [1.165, 1.54) is 12.1 Å². The van der Waals surface area contributed by atoms with E-state index in [0.717, 1.165) is 25.7 Å². The molecule has 0 N–H and O–H groups in total. The van der Waals surface area contributed by atoms with E-state index in [-0.39, 0.29) is 17.0 Å². The number of hydroxylamine groups is 2. The number of hydrogen-bond donors (Lipinski definition) is 0. The van der Waals surface area contributed by atoms with Crippen LogP contribution in [0.5, 0.6) is 0 Å². The Kier molecular flexibility index (Phi) is 3.20. The molecule has 1 aromatic carbocycles. The molecule has 6 heteroatoms. The molecule has 0 spiro atoms. The predicted molar refractivity (Wildman–Crippen MR) is 81.1 cm³/mol. The van der Waals surface area contributed by atoms with Gasteiger partial charge in [0.25, 0.3) is 11.8 Å². The smallest absolute Gasteiger partial charge is 0.328 e. The SMILES string of the molecule is N#CC1(C(=O)ON2C(=O)c3ccccc3C2=O)CC2CCC1CC2. The van der Waals surface area contributed by atoms with E-state index in [1.54, 1.807) is 12.1 Å². The fourth-order valence-corrected chi connectivity index (χ4v) is 4.33. The molecule has 3 saturated carbocycles. The second-order valence-corrected chi connectivity index (χ2v) is 6.83. The zero-order valence-corrected chi connectivity index (χ0v) is 13.0. The van der Waals surface area contributed by atoms with Crippen molar-refractivity contribution < 1.29 is 19.2 Å². The number of fused-ring (bicyclic) bond motifs is 4. The van der Waals surface area contributed by atoms with E-state index in [1.807, 2.05) is 0 Å². The molecule has 1 unspecified atom stereocenters. The molecular formula is C18H16N2O4. The lowest BCUT2D eigenvalue weighted by Crippen LogP contribution is -2.49. The van der Waals surface area contributed by atoms with Crippen LogP contribution in [0, 0.1) is 28.6 Å². The van der Waals surface area contributed by atoms with Gasteiger partial charge in [0.2, 0.25) is 0 Å². The molecule has 24 heavy (non-hydrogen) atoms. The zero-order valence-electron chi connectivity index (χ0n) is 13.0. The number of amides is 2. The second-order valence-electron chi connectivity index (χ2n) is 6.83. The first-order chi connectivity index (χ1) is 11.6. The standard InChI is InChI=1S/C18H16N2O4/c19-10-18(9-11-5-7-12(18)8-6-11)17(23)24-20-15(21)13-3-1-2-4-14(13)16(20)22/h1-4,11-12H,5-9H2. The summed E-state index contributed by atoms with van der Waals surface area (Å²) in [5, 5.41) is 10.2. The van der Waals surface area contributed by atoms with E-state index in [0.29, 0.717) is 17.4 Å². The molecule has 2 bridgehead atoms. The second kappa shape index (κ2) is 5.17. The van der Waals surface area contributed by atoms with Crippen molar-refractivity contribution >= 4 is 17.8 Å². The average Bonchev–Trinajstić information content (AvgIpc) is 2.87. The Bertz CT molecular complexity index is 753. The van der Waals surface area contributed by atoms with Gasteiger partial charge in [0.15, 0.2) is 5.41 Å². The lowest BCUT2D eigenvalue weighted by molar-refractivity contribution is -0.186. The Morgan fingerprint density at radius 1 is 1.12 bits per heavy atom. The van der Waals surface area contributed by atoms with Gasteiger partial charge >= 0.3 is 5.97 Å². The zero-order chi connectivity index (χ0) is 16.9. The van der Waals surface area contributed by atoms with Gasteiger partial charge in [-0.2, -0.15) is 5.26 Å². The highest BCUT2D eigenvalue weighted by Gasteiger charge is 2.55. The highest BCUT2D eigenvalue weighted by Crippen LogP contribution is 2.53. The van der Waals surface area contributed by atoms with Crippen LogP contribution in [-0.2, 0) is 9.63 Å². The number of hydrogen-bond acceptors (Lipinski definition) is 5. The molecular weight excluding hydrogens is 308 g/mol. The van der Waals surface area contributed by atoms with Crippen molar-refractivity contribution in [2.24, 2.45) is 17.3 Å². The Hall–Kier alpha value is -2.68. The molecule has 4 aliphatic rings. The first-order valence-electron chi connectivity index (χ1n) is 8.18. The molecule has 0 aromatic heterocycles. The van der Waals surface area contributed by atoms with Crippen LogP contribution in [0.1, 0.15) is 52.8 Å². The summed E-state index contributed by atoms with van der Waals surface area (Å²) >= 11 is 0. The van der Waals surface area contributed by atoms with Crippen molar-refractivity contribution in [1.29, 1.82) is 5.26 Å². The highest BCUT2D eigenvalue weighted by molar-refractivity contribution is 6.21. The molecule has 6 nitrogen and oxygen atoms in total. The van der Waals surface area contributed by atoms with Crippen LogP contribution < -0.4 is 0 Å². The maximum absolute atomic E-state index is 12.7. The van der Waals surface area contributed by atoms with Crippen molar-refractivity contribution in [3.8, 4) is 6.07 Å². The molecule has 1 aromatic rings. The average molecular weight is 324 g/mol. The fraction of sp³-hybridized carbons (Fsp3) is 0.444.